The van der Waals surface area contributed by atoms with Crippen molar-refractivity contribution < 1.29 is 19.0 Å². The number of aromatic nitrogens is 3. The van der Waals surface area contributed by atoms with Gasteiger partial charge in [0.05, 0.1) is 12.6 Å². The summed E-state index contributed by atoms with van der Waals surface area (Å²) in [6, 6.07) is 7.29. The third-order valence-electron chi connectivity index (χ3n) is 7.03. The van der Waals surface area contributed by atoms with Crippen LogP contribution < -0.4 is 4.74 Å². The molecule has 1 aliphatic heterocycles. The molecular formula is C27H33FN4O3S. The van der Waals surface area contributed by atoms with Crippen molar-refractivity contribution in [2.75, 3.05) is 32.5 Å². The van der Waals surface area contributed by atoms with Crippen molar-refractivity contribution in [3.05, 3.63) is 54.7 Å². The highest BCUT2D eigenvalue weighted by molar-refractivity contribution is 7.99. The molecule has 0 bridgehead atoms. The zero-order chi connectivity index (χ0) is 25.3. The van der Waals surface area contributed by atoms with Gasteiger partial charge in [0.1, 0.15) is 18.2 Å². The van der Waals surface area contributed by atoms with E-state index in [1.54, 1.807) is 31.1 Å². The molecule has 1 aliphatic rings. The second-order valence-electron chi connectivity index (χ2n) is 9.29. The van der Waals surface area contributed by atoms with Crippen LogP contribution in [-0.4, -0.2) is 63.4 Å². The number of benzene rings is 1. The minimum Gasteiger partial charge on any atom is -0.497 e. The van der Waals surface area contributed by atoms with E-state index in [-0.39, 0.29) is 12.3 Å². The molecule has 1 aromatic carbocycles. The molecule has 7 nitrogen and oxygen atoms in total. The van der Waals surface area contributed by atoms with Crippen LogP contribution in [0.5, 0.6) is 5.75 Å². The van der Waals surface area contributed by atoms with Crippen LogP contribution in [-0.2, 0) is 4.79 Å². The van der Waals surface area contributed by atoms with Crippen LogP contribution in [0.4, 0.5) is 4.39 Å². The number of fused-ring (bicyclic) bond motifs is 1. The van der Waals surface area contributed by atoms with Crippen LogP contribution >= 0.6 is 11.8 Å². The molecule has 192 valence electrons. The molecular weight excluding hydrogens is 479 g/mol. The molecule has 4 rings (SSSR count). The largest absolute Gasteiger partial charge is 0.497 e. The van der Waals surface area contributed by atoms with Crippen molar-refractivity contribution in [2.45, 2.75) is 43.2 Å². The highest BCUT2D eigenvalue weighted by atomic mass is 32.2. The van der Waals surface area contributed by atoms with E-state index in [1.165, 1.54) is 6.33 Å². The lowest BCUT2D eigenvalue weighted by Gasteiger charge is -2.39. The Hall–Kier alpha value is -2.78. The number of hydrogen-bond donors (Lipinski definition) is 1. The van der Waals surface area contributed by atoms with Gasteiger partial charge < -0.3 is 14.7 Å². The van der Waals surface area contributed by atoms with Gasteiger partial charge in [0.2, 0.25) is 0 Å². The summed E-state index contributed by atoms with van der Waals surface area (Å²) in [6.45, 7) is 2.73. The number of carbonyl (C=O) groups is 1. The number of piperidine rings is 1. The fraction of sp³-hybridized carbons (Fsp3) is 0.481. The average molecular weight is 513 g/mol. The lowest BCUT2D eigenvalue weighted by atomic mass is 9.79. The van der Waals surface area contributed by atoms with Crippen LogP contribution in [0.15, 0.2) is 54.1 Å². The molecule has 3 aromatic rings. The van der Waals surface area contributed by atoms with Gasteiger partial charge in [0, 0.05) is 54.1 Å². The predicted octanol–water partition coefficient (Wildman–Crippen LogP) is 5.42. The normalized spacial score (nSPS) is 19.3. The summed E-state index contributed by atoms with van der Waals surface area (Å²) in [5.74, 6) is 1.40. The number of methoxy groups -OCH3 is 1. The molecule has 0 radical (unpaired) electrons. The minimum atomic E-state index is -1.11. The lowest BCUT2D eigenvalue weighted by Crippen LogP contribution is -2.41. The molecule has 2 aromatic heterocycles. The van der Waals surface area contributed by atoms with Crippen molar-refractivity contribution in [3.8, 4) is 5.75 Å². The van der Waals surface area contributed by atoms with Gasteiger partial charge in [-0.25, -0.2) is 14.4 Å². The zero-order valence-corrected chi connectivity index (χ0v) is 21.4. The molecule has 2 unspecified atom stereocenters. The van der Waals surface area contributed by atoms with Crippen molar-refractivity contribution in [1.29, 1.82) is 0 Å². The Balaban J connectivity index is 1.35. The van der Waals surface area contributed by atoms with Gasteiger partial charge in [-0.05, 0) is 73.9 Å². The summed E-state index contributed by atoms with van der Waals surface area (Å²) in [4.78, 5) is 27.2. The van der Waals surface area contributed by atoms with Crippen molar-refractivity contribution in [1.82, 2.24) is 19.9 Å². The third-order valence-corrected chi connectivity index (χ3v) is 7.96. The van der Waals surface area contributed by atoms with Crippen LogP contribution in [0.2, 0.25) is 0 Å². The van der Waals surface area contributed by atoms with Gasteiger partial charge >= 0.3 is 5.97 Å². The van der Waals surface area contributed by atoms with E-state index in [9.17, 15) is 9.90 Å². The van der Waals surface area contributed by atoms with E-state index in [0.717, 1.165) is 54.0 Å². The summed E-state index contributed by atoms with van der Waals surface area (Å²) in [7, 11) is 1.60. The number of halogens is 1. The third kappa shape index (κ3) is 7.13. The average Bonchev–Trinajstić information content (AvgIpc) is 2.91. The van der Waals surface area contributed by atoms with Crippen LogP contribution in [0.25, 0.3) is 10.9 Å². The molecule has 0 spiro atoms. The number of thioether (sulfide) groups is 1. The fourth-order valence-corrected chi connectivity index (χ4v) is 5.95. The molecule has 9 heteroatoms. The highest BCUT2D eigenvalue weighted by Gasteiger charge is 2.30. The minimum absolute atomic E-state index is 0.152. The second kappa shape index (κ2) is 13.0. The predicted molar refractivity (Wildman–Crippen MR) is 139 cm³/mol. The first-order valence-electron chi connectivity index (χ1n) is 12.4. The quantitative estimate of drug-likeness (QED) is 0.322. The molecule has 1 fully saturated rings. The van der Waals surface area contributed by atoms with Gasteiger partial charge in [-0.1, -0.05) is 0 Å². The van der Waals surface area contributed by atoms with Gasteiger partial charge in [0.15, 0.2) is 0 Å². The molecule has 1 saturated heterocycles. The van der Waals surface area contributed by atoms with Crippen molar-refractivity contribution in [2.24, 2.45) is 11.8 Å². The Morgan fingerprint density at radius 1 is 1.25 bits per heavy atom. The van der Waals surface area contributed by atoms with E-state index in [4.69, 9.17) is 4.74 Å². The van der Waals surface area contributed by atoms with Crippen molar-refractivity contribution in [3.63, 3.8) is 0 Å². The summed E-state index contributed by atoms with van der Waals surface area (Å²) >= 11 is 1.73. The van der Waals surface area contributed by atoms with Crippen molar-refractivity contribution >= 4 is 28.6 Å². The Morgan fingerprint density at radius 3 is 2.86 bits per heavy atom. The number of nitrogens with zero attached hydrogens (tertiary/aromatic N) is 4. The lowest BCUT2D eigenvalue weighted by molar-refractivity contribution is -0.137. The maximum atomic E-state index is 15.5. The number of aliphatic carboxylic acids is 1. The number of pyridine rings is 1. The zero-order valence-electron chi connectivity index (χ0n) is 20.6. The topological polar surface area (TPSA) is 88.4 Å². The fourth-order valence-electron chi connectivity index (χ4n) is 5.09. The first-order chi connectivity index (χ1) is 17.5. The van der Waals surface area contributed by atoms with Crippen LogP contribution in [0.3, 0.4) is 0 Å². The number of alkyl halides is 1. The maximum Gasteiger partial charge on any atom is 0.303 e. The van der Waals surface area contributed by atoms with E-state index in [1.807, 2.05) is 30.6 Å². The van der Waals surface area contributed by atoms with E-state index in [0.29, 0.717) is 30.1 Å². The molecule has 3 atom stereocenters. The summed E-state index contributed by atoms with van der Waals surface area (Å²) in [5.41, 5.74) is 1.39. The van der Waals surface area contributed by atoms with Gasteiger partial charge in [-0.3, -0.25) is 9.78 Å². The molecule has 1 N–H and O–H groups in total. The summed E-state index contributed by atoms with van der Waals surface area (Å²) < 4.78 is 20.8. The number of likely N-dealkylation sites (tertiary alicyclic amines) is 1. The number of hydrogen-bond acceptors (Lipinski definition) is 7. The highest BCUT2D eigenvalue weighted by Crippen LogP contribution is 2.36. The first kappa shape index (κ1) is 26.3. The van der Waals surface area contributed by atoms with E-state index < -0.39 is 12.1 Å². The number of carboxylic acids is 1. The summed E-state index contributed by atoms with van der Waals surface area (Å²) in [6.07, 6.45) is 8.59. The smallest absolute Gasteiger partial charge is 0.303 e. The standard InChI is InChI=1S/C27H33FN4O3S/c1-35-21-4-6-26-24(14-21)23(8-10-31-26)25(28)5-2-19-9-11-32(17-20(19)3-7-27(33)34)12-13-36-22-15-29-18-30-16-22/h4,6,8,10,14-16,18-20,25H,2-3,5,7,9,11-13,17H2,1H3,(H,33,34)/t19?,20?,25-/m0/s1. The second-order valence-corrected chi connectivity index (χ2v) is 10.5. The van der Waals surface area contributed by atoms with Gasteiger partial charge in [-0.2, -0.15) is 0 Å². The maximum absolute atomic E-state index is 15.5. The molecule has 0 saturated carbocycles. The Kier molecular flexibility index (Phi) is 9.47. The molecule has 3 heterocycles. The number of ether oxygens (including phenoxy) is 1. The first-order valence-corrected chi connectivity index (χ1v) is 13.4. The monoisotopic (exact) mass is 512 g/mol. The SMILES string of the molecule is COc1ccc2nccc([C@@H](F)CCC3CCN(CCSc4cncnc4)CC3CCC(=O)O)c2c1. The van der Waals surface area contributed by atoms with E-state index >= 15 is 4.39 Å². The van der Waals surface area contributed by atoms with E-state index in [2.05, 4.69) is 19.9 Å². The van der Waals surface area contributed by atoms with Gasteiger partial charge in [0.25, 0.3) is 0 Å². The van der Waals surface area contributed by atoms with Crippen LogP contribution in [0.1, 0.15) is 43.8 Å². The molecule has 0 aliphatic carbocycles. The Labute approximate surface area is 215 Å². The molecule has 36 heavy (non-hydrogen) atoms. The van der Waals surface area contributed by atoms with Crippen LogP contribution in [0, 0.1) is 11.8 Å². The summed E-state index contributed by atoms with van der Waals surface area (Å²) in [5, 5.41) is 10.0. The Morgan fingerprint density at radius 2 is 2.08 bits per heavy atom. The molecule has 0 amide bonds. The number of rotatable bonds is 12. The Bertz CT molecular complexity index is 1140. The van der Waals surface area contributed by atoms with Gasteiger partial charge in [-0.15, -0.1) is 11.8 Å². The number of carboxylic acid groups (broad SMARTS) is 1.